The molecule has 0 unspecified atom stereocenters. The lowest BCUT2D eigenvalue weighted by atomic mass is 10.2. The summed E-state index contributed by atoms with van der Waals surface area (Å²) in [6.45, 7) is 0. The summed E-state index contributed by atoms with van der Waals surface area (Å²) < 4.78 is 1.68. The summed E-state index contributed by atoms with van der Waals surface area (Å²) in [5.74, 6) is -0.207. The summed E-state index contributed by atoms with van der Waals surface area (Å²) in [5, 5.41) is 0. The average molecular weight is 1850 g/mol. The highest BCUT2D eigenvalue weighted by atomic mass is 32.2. The first kappa shape index (κ1) is 79.6. The third-order valence-corrected chi connectivity index (χ3v) is 27.4. The summed E-state index contributed by atoms with van der Waals surface area (Å²) >= 11 is 15.0. The Labute approximate surface area is 794 Å². The van der Waals surface area contributed by atoms with Gasteiger partial charge in [0.05, 0.1) is 152 Å². The molecule has 30 heteroatoms. The van der Waals surface area contributed by atoms with Gasteiger partial charge in [0, 0.05) is 9.79 Å². The second-order valence-electron chi connectivity index (χ2n) is 32.5. The Balaban J connectivity index is 0.0000000878. The average Bonchev–Trinajstić information content (AvgIpc) is 1.55. The largest absolute Gasteiger partial charge is 0.285 e. The molecule has 15 aromatic carbocycles. The van der Waals surface area contributed by atoms with Crippen molar-refractivity contribution in [3.63, 3.8) is 0 Å². The van der Waals surface area contributed by atoms with Crippen LogP contribution in [0.3, 0.4) is 0 Å². The molecule has 640 valence electrons. The summed E-state index contributed by atoms with van der Waals surface area (Å²) in [4.78, 5) is 144. The van der Waals surface area contributed by atoms with Gasteiger partial charge >= 0.3 is 0 Å². The molecule has 0 saturated carbocycles. The quantitative estimate of drug-likeness (QED) is 0.127. The van der Waals surface area contributed by atoms with Crippen LogP contribution in [0.1, 0.15) is 39.0 Å². The van der Waals surface area contributed by atoms with Crippen LogP contribution in [0.4, 0.5) is 0 Å². The van der Waals surface area contributed by atoms with Crippen molar-refractivity contribution in [2.75, 3.05) is 0 Å². The van der Waals surface area contributed by atoms with E-state index >= 15 is 0 Å². The van der Waals surface area contributed by atoms with Gasteiger partial charge in [-0.25, -0.2) is 120 Å². The monoisotopic (exact) mass is 1840 g/mol. The Kier molecular flexibility index (Phi) is 18.4. The van der Waals surface area contributed by atoms with Crippen molar-refractivity contribution in [2.24, 2.45) is 0 Å². The minimum absolute atomic E-state index is 0.206. The van der Waals surface area contributed by atoms with Crippen LogP contribution in [0.2, 0.25) is 0 Å². The summed E-state index contributed by atoms with van der Waals surface area (Å²) in [7, 11) is 0. The predicted octanol–water partition coefficient (Wildman–Crippen LogP) is 22.3. The molecule has 3 aliphatic carbocycles. The van der Waals surface area contributed by atoms with Crippen molar-refractivity contribution < 1.29 is 4.79 Å². The zero-order valence-corrected chi connectivity index (χ0v) is 74.5. The molecule has 31 rings (SSSR count). The number of thioether (sulfide) groups is 2. The highest BCUT2D eigenvalue weighted by Gasteiger charge is 2.38. The van der Waals surface area contributed by atoms with Crippen molar-refractivity contribution in [3.8, 4) is 34.2 Å². The summed E-state index contributed by atoms with van der Waals surface area (Å²) in [6, 6.07) is 101. The zero-order valence-electron chi connectivity index (χ0n) is 71.2. The molecule has 0 saturated heterocycles. The molecule has 0 spiro atoms. The van der Waals surface area contributed by atoms with Gasteiger partial charge in [-0.15, -0.1) is 0 Å². The van der Waals surface area contributed by atoms with Crippen LogP contribution < -0.4 is 5.43 Å². The van der Waals surface area contributed by atoms with Crippen LogP contribution in [-0.4, -0.2) is 130 Å². The number of hydrogen-bond acceptors (Lipinski definition) is 30. The van der Waals surface area contributed by atoms with Crippen molar-refractivity contribution in [1.82, 2.24) is 120 Å². The number of benzene rings is 13. The van der Waals surface area contributed by atoms with E-state index in [-0.39, 0.29) is 22.2 Å². The smallest absolute Gasteiger partial charge is 0.234 e. The lowest BCUT2D eigenvalue weighted by Crippen LogP contribution is -2.05. The van der Waals surface area contributed by atoms with Crippen molar-refractivity contribution >= 4 is 263 Å². The summed E-state index contributed by atoms with van der Waals surface area (Å²) in [6.07, 6.45) is 0. The van der Waals surface area contributed by atoms with Gasteiger partial charge in [0.2, 0.25) is 11.2 Å². The highest BCUT2D eigenvalue weighted by Crippen LogP contribution is 2.57. The van der Waals surface area contributed by atoms with Crippen LogP contribution in [0, 0.1) is 4.51 Å². The molecule has 27 aromatic rings. The van der Waals surface area contributed by atoms with Crippen LogP contribution in [0.15, 0.2) is 334 Å². The second kappa shape index (κ2) is 31.8. The number of ketones is 1. The molecule has 4 aliphatic rings. The van der Waals surface area contributed by atoms with Gasteiger partial charge in [-0.3, -0.25) is 9.59 Å². The molecule has 0 amide bonds. The maximum atomic E-state index is 13.7. The molecule has 12 aromatic heterocycles. The minimum Gasteiger partial charge on any atom is -0.285 e. The third-order valence-electron chi connectivity index (χ3n) is 24.1. The molecule has 0 fully saturated rings. The van der Waals surface area contributed by atoms with E-state index in [9.17, 15) is 9.59 Å². The first-order valence-electron chi connectivity index (χ1n) is 43.6. The molecule has 1 aliphatic heterocycles. The number of para-hydroxylation sites is 24. The predicted molar refractivity (Wildman–Crippen MR) is 546 cm³/mol. The molecular weight excluding hydrogens is 1790 g/mol. The second-order valence-corrected chi connectivity index (χ2v) is 35.7. The fraction of sp³-hybridized carbons (Fsp3) is 0. The molecule has 0 bridgehead atoms. The fourth-order valence-corrected chi connectivity index (χ4v) is 20.8. The lowest BCUT2D eigenvalue weighted by molar-refractivity contribution is 0.103. The van der Waals surface area contributed by atoms with E-state index in [0.717, 1.165) is 128 Å². The van der Waals surface area contributed by atoms with E-state index < -0.39 is 0 Å². The first-order chi connectivity index (χ1) is 68.0. The van der Waals surface area contributed by atoms with E-state index in [2.05, 4.69) is 64.1 Å². The number of aromatic nitrogens is 24. The topological polar surface area (TPSA) is 343 Å². The van der Waals surface area contributed by atoms with Gasteiger partial charge in [-0.2, -0.15) is 0 Å². The lowest BCUT2D eigenvalue weighted by Gasteiger charge is -2.06. The number of carbonyl (C=O) groups is 1. The number of hydrogen-bond donors (Lipinski definition) is 0. The van der Waals surface area contributed by atoms with Gasteiger partial charge in [-0.1, -0.05) is 206 Å². The SMILES string of the molecule is O=C1c2nc3ccccc3nc2-c2nc3ccccc3nc21.O=c1c2nc3ccccc3nc2c2nc3ccccc3nc2c2nc3ccccc3nc12.S=C1c2nc3ccccc3nc2-c2nc3ccccc3nc21.S=c1c2nc3ccccc3nc2c2nc3ccccc3nc2c2nc3ccccc3nc12.c1ccc2c(c1)SC(=C1c3nc4ccccc4nc3-c3nc4ccccc4nc31)S2. The molecular formula is C108H52N24O2S4. The number of fused-ring (bicyclic) bond motifs is 32. The van der Waals surface area contributed by atoms with E-state index in [4.69, 9.17) is 104 Å². The van der Waals surface area contributed by atoms with E-state index in [1.54, 1.807) is 23.5 Å². The summed E-state index contributed by atoms with van der Waals surface area (Å²) in [5.41, 5.74) is 32.9. The van der Waals surface area contributed by atoms with Gasteiger partial charge < -0.3 is 0 Å². The van der Waals surface area contributed by atoms with E-state index in [1.165, 1.54) is 14.0 Å². The number of nitrogens with zero attached hydrogens (tertiary/aromatic N) is 24. The van der Waals surface area contributed by atoms with Gasteiger partial charge in [0.25, 0.3) is 0 Å². The van der Waals surface area contributed by atoms with Crippen LogP contribution >= 0.6 is 48.0 Å². The Morgan fingerprint density at radius 3 is 0.543 bits per heavy atom. The third kappa shape index (κ3) is 13.2. The minimum atomic E-state index is -0.338. The molecule has 0 atom stereocenters. The van der Waals surface area contributed by atoms with Crippen molar-refractivity contribution in [3.05, 3.63) is 369 Å². The molecule has 0 radical (unpaired) electrons. The first-order valence-corrected chi connectivity index (χ1v) is 46.1. The van der Waals surface area contributed by atoms with E-state index in [0.29, 0.717) is 143 Å². The van der Waals surface area contributed by atoms with Crippen LogP contribution in [0.25, 0.3) is 238 Å². The molecule has 0 N–H and O–H groups in total. The van der Waals surface area contributed by atoms with Crippen LogP contribution in [-0.2, 0) is 0 Å². The van der Waals surface area contributed by atoms with Gasteiger partial charge in [0.15, 0.2) is 0 Å². The molecule has 138 heavy (non-hydrogen) atoms. The Morgan fingerprint density at radius 1 is 0.159 bits per heavy atom. The van der Waals surface area contributed by atoms with Crippen molar-refractivity contribution in [1.29, 1.82) is 0 Å². The van der Waals surface area contributed by atoms with Gasteiger partial charge in [-0.05, 0) is 158 Å². The zero-order chi connectivity index (χ0) is 91.5. The highest BCUT2D eigenvalue weighted by molar-refractivity contribution is 8.25. The number of carbonyl (C=O) groups excluding carboxylic acids is 1. The Bertz CT molecular complexity index is 9360. The molecule has 26 nitrogen and oxygen atoms in total. The van der Waals surface area contributed by atoms with Crippen molar-refractivity contribution in [2.45, 2.75) is 9.79 Å². The number of rotatable bonds is 0. The Hall–Kier alpha value is -18.1. The van der Waals surface area contributed by atoms with E-state index in [1.807, 2.05) is 291 Å². The maximum Gasteiger partial charge on any atom is 0.234 e. The Morgan fingerprint density at radius 2 is 0.312 bits per heavy atom. The maximum absolute atomic E-state index is 13.7. The van der Waals surface area contributed by atoms with Crippen LogP contribution in [0.5, 0.6) is 0 Å². The fourth-order valence-electron chi connectivity index (χ4n) is 17.6. The molecule has 13 heterocycles. The van der Waals surface area contributed by atoms with Gasteiger partial charge in [0.1, 0.15) is 135 Å². The number of thiocarbonyl (C=S) groups is 1. The standard InChI is InChI=1S/C25H12N6O.C25H12N6S.C24H12N4S2.C17H8N4O.C17H8N4S/c2*32-25-23-21(28-15-9-3-5-11-17(15)30-23)19-20(27-14-8-2-1-7-13(14)26-19)22-24(25)31-18-12-6-4-10-16(18)29-22;1-3-9-15-13(7-1)25-20-19(24-29-17-11-5-6-12-18(17)30-24)21-23(22(20)27-15)28-16-10-4-2-8-14(16)26-21;2*22-17-15-13(18-9-5-1-3-7-11(9)20-15)14-16(17)21-12-8-4-2-6-10(12)19-14/h2*1-12H;1-12H;2*1-8H. The normalized spacial score (nSPS) is 12.6.